The van der Waals surface area contributed by atoms with Crippen LogP contribution in [0.3, 0.4) is 0 Å². The first kappa shape index (κ1) is 10.3. The summed E-state index contributed by atoms with van der Waals surface area (Å²) in [7, 11) is 0. The molecular weight excluding hydrogens is 254 g/mol. The average molecular weight is 266 g/mol. The van der Waals surface area contributed by atoms with Crippen molar-refractivity contribution in [1.29, 1.82) is 0 Å². The van der Waals surface area contributed by atoms with Gasteiger partial charge in [0.15, 0.2) is 0 Å². The van der Waals surface area contributed by atoms with Gasteiger partial charge in [0.05, 0.1) is 0 Å². The van der Waals surface area contributed by atoms with Crippen LogP contribution in [0.25, 0.3) is 0 Å². The third-order valence-corrected chi connectivity index (χ3v) is 3.14. The van der Waals surface area contributed by atoms with E-state index in [1.807, 2.05) is 4.90 Å². The Kier molecular flexibility index (Phi) is 2.11. The minimum absolute atomic E-state index is 0.210. The second kappa shape index (κ2) is 3.68. The van der Waals surface area contributed by atoms with Gasteiger partial charge in [0, 0.05) is 39.3 Å². The third-order valence-electron chi connectivity index (χ3n) is 2.97. The van der Waals surface area contributed by atoms with Crippen molar-refractivity contribution < 1.29 is 0 Å². The number of halogens is 1. The van der Waals surface area contributed by atoms with Crippen LogP contribution in [0.5, 0.6) is 0 Å². The number of guanidine groups is 1. The van der Waals surface area contributed by atoms with E-state index in [1.165, 1.54) is 0 Å². The molecule has 0 aliphatic carbocycles. The fraction of sp³-hybridized carbons (Fsp3) is 0.600. The fourth-order valence-corrected chi connectivity index (χ4v) is 1.85. The van der Waals surface area contributed by atoms with Crippen molar-refractivity contribution in [2.24, 2.45) is 4.99 Å². The Labute approximate surface area is 109 Å². The summed E-state index contributed by atoms with van der Waals surface area (Å²) in [6, 6.07) is 0. The molecule has 0 unspecified atom stereocenters. The van der Waals surface area contributed by atoms with E-state index in [-0.39, 0.29) is 5.28 Å². The molecule has 0 bridgehead atoms. The maximum atomic E-state index is 5.91. The lowest BCUT2D eigenvalue weighted by Crippen LogP contribution is -2.20. The van der Waals surface area contributed by atoms with Gasteiger partial charge in [0.2, 0.25) is 17.2 Å². The van der Waals surface area contributed by atoms with Crippen LogP contribution >= 0.6 is 11.6 Å². The van der Waals surface area contributed by atoms with Crippen LogP contribution in [0.2, 0.25) is 5.28 Å². The van der Waals surface area contributed by atoms with E-state index in [0.29, 0.717) is 11.9 Å². The molecule has 0 N–H and O–H groups in total. The molecule has 1 aromatic heterocycles. The van der Waals surface area contributed by atoms with Crippen molar-refractivity contribution >= 4 is 29.5 Å². The van der Waals surface area contributed by atoms with Gasteiger partial charge in [-0.05, 0) is 11.6 Å². The van der Waals surface area contributed by atoms with Crippen LogP contribution in [0, 0.1) is 0 Å². The van der Waals surface area contributed by atoms with E-state index in [1.54, 1.807) is 0 Å². The van der Waals surface area contributed by atoms with E-state index in [0.717, 1.165) is 45.2 Å². The van der Waals surface area contributed by atoms with Crippen molar-refractivity contribution in [3.63, 3.8) is 0 Å². The second-order valence-electron chi connectivity index (χ2n) is 4.58. The number of hydrogen-bond donors (Lipinski definition) is 0. The lowest BCUT2D eigenvalue weighted by molar-refractivity contribution is 0.681. The number of nitrogens with zero attached hydrogens (tertiary/aromatic N) is 7. The van der Waals surface area contributed by atoms with Crippen molar-refractivity contribution in [2.45, 2.75) is 0 Å². The first-order chi connectivity index (χ1) is 8.79. The van der Waals surface area contributed by atoms with E-state index in [9.17, 15) is 0 Å². The van der Waals surface area contributed by atoms with E-state index in [4.69, 9.17) is 11.6 Å². The molecule has 3 saturated heterocycles. The summed E-state index contributed by atoms with van der Waals surface area (Å²) in [6.07, 6.45) is 0. The van der Waals surface area contributed by atoms with Gasteiger partial charge >= 0.3 is 0 Å². The highest BCUT2D eigenvalue weighted by atomic mass is 35.5. The molecule has 3 aliphatic rings. The maximum absolute atomic E-state index is 5.91. The smallest absolute Gasteiger partial charge is 0.258 e. The molecule has 0 amide bonds. The molecule has 94 valence electrons. The van der Waals surface area contributed by atoms with Crippen LogP contribution < -0.4 is 4.90 Å². The van der Waals surface area contributed by atoms with E-state index in [2.05, 4.69) is 29.7 Å². The van der Waals surface area contributed by atoms with Gasteiger partial charge < -0.3 is 14.7 Å². The highest BCUT2D eigenvalue weighted by Crippen LogP contribution is 2.22. The topological polar surface area (TPSA) is 60.1 Å². The van der Waals surface area contributed by atoms with Crippen molar-refractivity contribution in [3.8, 4) is 0 Å². The highest BCUT2D eigenvalue weighted by Gasteiger charge is 2.33. The Bertz CT molecular complexity index is 505. The molecule has 8 heteroatoms. The van der Waals surface area contributed by atoms with Crippen LogP contribution in [-0.2, 0) is 0 Å². The molecule has 0 radical (unpaired) electrons. The minimum Gasteiger partial charge on any atom is -0.339 e. The molecule has 7 nitrogen and oxygen atoms in total. The molecule has 1 aromatic rings. The number of aliphatic imine (C=N–C) groups is 1. The molecular formula is C10H12ClN7. The van der Waals surface area contributed by atoms with Crippen molar-refractivity contribution in [1.82, 2.24) is 24.8 Å². The molecule has 3 fully saturated rings. The SMILES string of the molecule is Clc1nc(N=C(N2CC2)N2CC2)nc(N2CC2)n1. The van der Waals surface area contributed by atoms with Crippen LogP contribution in [-0.4, -0.2) is 70.0 Å². The Balaban J connectivity index is 1.67. The Hall–Kier alpha value is -1.63. The molecule has 18 heavy (non-hydrogen) atoms. The molecule has 0 spiro atoms. The van der Waals surface area contributed by atoms with E-state index >= 15 is 0 Å². The Morgan fingerprint density at radius 2 is 1.61 bits per heavy atom. The zero-order chi connectivity index (χ0) is 12.1. The van der Waals surface area contributed by atoms with Gasteiger partial charge in [0.1, 0.15) is 0 Å². The van der Waals surface area contributed by atoms with Gasteiger partial charge in [-0.2, -0.15) is 19.9 Å². The first-order valence-electron chi connectivity index (χ1n) is 6.05. The Morgan fingerprint density at radius 3 is 2.17 bits per heavy atom. The number of hydrogen-bond acceptors (Lipinski definition) is 5. The maximum Gasteiger partial charge on any atom is 0.258 e. The van der Waals surface area contributed by atoms with Crippen molar-refractivity contribution in [2.75, 3.05) is 44.2 Å². The molecule has 0 saturated carbocycles. The summed E-state index contributed by atoms with van der Waals surface area (Å²) in [6.45, 7) is 6.21. The fourth-order valence-electron chi connectivity index (χ4n) is 1.70. The lowest BCUT2D eigenvalue weighted by atomic mass is 10.8. The van der Waals surface area contributed by atoms with Crippen LogP contribution in [0.1, 0.15) is 0 Å². The Morgan fingerprint density at radius 1 is 0.944 bits per heavy atom. The van der Waals surface area contributed by atoms with Gasteiger partial charge in [-0.15, -0.1) is 0 Å². The summed E-state index contributed by atoms with van der Waals surface area (Å²) >= 11 is 5.91. The normalized spacial score (nSPS) is 19.9. The van der Waals surface area contributed by atoms with E-state index < -0.39 is 0 Å². The predicted molar refractivity (Wildman–Crippen MR) is 67.3 cm³/mol. The van der Waals surface area contributed by atoms with Crippen molar-refractivity contribution in [3.05, 3.63) is 5.28 Å². The molecule has 4 rings (SSSR count). The summed E-state index contributed by atoms with van der Waals surface area (Å²) in [5, 5.41) is 0.210. The first-order valence-corrected chi connectivity index (χ1v) is 6.42. The molecule has 4 heterocycles. The summed E-state index contributed by atoms with van der Waals surface area (Å²) in [4.78, 5) is 23.4. The van der Waals surface area contributed by atoms with Crippen LogP contribution in [0.4, 0.5) is 11.9 Å². The molecule has 0 atom stereocenters. The monoisotopic (exact) mass is 265 g/mol. The standard InChI is InChI=1S/C10H12ClN7/c11-7-12-8(14-9(13-7)16-1-2-16)15-10(17-3-4-17)18-5-6-18/h1-6H2. The number of aromatic nitrogens is 3. The van der Waals surface area contributed by atoms with Crippen LogP contribution in [0.15, 0.2) is 4.99 Å². The molecule has 0 aromatic carbocycles. The highest BCUT2D eigenvalue weighted by molar-refractivity contribution is 6.28. The second-order valence-corrected chi connectivity index (χ2v) is 4.92. The summed E-state index contributed by atoms with van der Waals surface area (Å²) < 4.78 is 0. The summed E-state index contributed by atoms with van der Waals surface area (Å²) in [5.74, 6) is 2.00. The zero-order valence-corrected chi connectivity index (χ0v) is 10.5. The van der Waals surface area contributed by atoms with Gasteiger partial charge in [-0.25, -0.2) is 0 Å². The van der Waals surface area contributed by atoms with Gasteiger partial charge in [-0.3, -0.25) is 0 Å². The van der Waals surface area contributed by atoms with Gasteiger partial charge in [0.25, 0.3) is 5.95 Å². The largest absolute Gasteiger partial charge is 0.339 e. The number of anilines is 1. The van der Waals surface area contributed by atoms with Gasteiger partial charge in [-0.1, -0.05) is 0 Å². The zero-order valence-electron chi connectivity index (χ0n) is 9.75. The third kappa shape index (κ3) is 2.05. The number of rotatable bonds is 2. The summed E-state index contributed by atoms with van der Waals surface area (Å²) in [5.41, 5.74) is 0. The quantitative estimate of drug-likeness (QED) is 0.425. The predicted octanol–water partition coefficient (Wildman–Crippen LogP) is -0.0363. The minimum atomic E-state index is 0.210. The molecule has 3 aliphatic heterocycles. The lowest BCUT2D eigenvalue weighted by Gasteiger charge is -2.08. The average Bonchev–Trinajstić information content (AvgIpc) is 3.24.